The molecule has 0 amide bonds. The number of aromatic nitrogens is 1. The van der Waals surface area contributed by atoms with Gasteiger partial charge in [-0.3, -0.25) is 0 Å². The number of ether oxygens (including phenoxy) is 1. The largest absolute Gasteiger partial charge is 0.453 e. The van der Waals surface area contributed by atoms with Crippen molar-refractivity contribution in [2.45, 2.75) is 18.8 Å². The summed E-state index contributed by atoms with van der Waals surface area (Å²) in [5, 5.41) is 3.43. The molecule has 1 aliphatic heterocycles. The van der Waals surface area contributed by atoms with Crippen LogP contribution in [0.1, 0.15) is 24.3 Å². The highest BCUT2D eigenvalue weighted by Gasteiger charge is 2.20. The molecule has 0 bridgehead atoms. The van der Waals surface area contributed by atoms with Crippen LogP contribution in [-0.2, 0) is 0 Å². The quantitative estimate of drug-likeness (QED) is 0.863. The second kappa shape index (κ2) is 4.37. The summed E-state index contributed by atoms with van der Waals surface area (Å²) in [7, 11) is 1.58. The predicted octanol–water partition coefficient (Wildman–Crippen LogP) is 2.30. The van der Waals surface area contributed by atoms with Gasteiger partial charge in [-0.1, -0.05) is 12.1 Å². The Hall–Kier alpha value is -1.55. The third-order valence-electron chi connectivity index (χ3n) is 3.34. The number of nitrogens with zero attached hydrogens (tertiary/aromatic N) is 1. The molecule has 1 unspecified atom stereocenters. The summed E-state index contributed by atoms with van der Waals surface area (Å²) in [4.78, 5) is 4.39. The summed E-state index contributed by atoms with van der Waals surface area (Å²) in [5.41, 5.74) is 3.02. The molecular weight excluding hydrogens is 216 g/mol. The molecule has 4 heteroatoms. The maximum atomic E-state index is 5.49. The van der Waals surface area contributed by atoms with E-state index in [0.717, 1.165) is 24.2 Å². The van der Waals surface area contributed by atoms with Crippen molar-refractivity contribution in [2.24, 2.45) is 0 Å². The maximum Gasteiger partial charge on any atom is 0.394 e. The standard InChI is InChI=1S/C13H16N2O2/c1-16-13-15-12-10(5-2-6-11(12)17-13)9-4-3-7-14-8-9/h2,5-6,9,14H,3-4,7-8H2,1H3. The molecule has 1 atom stereocenters. The average Bonchev–Trinajstić information content (AvgIpc) is 2.82. The second-order valence-corrected chi connectivity index (χ2v) is 4.42. The van der Waals surface area contributed by atoms with E-state index in [2.05, 4.69) is 16.4 Å². The Morgan fingerprint density at radius 2 is 2.41 bits per heavy atom. The van der Waals surface area contributed by atoms with Crippen LogP contribution in [0.2, 0.25) is 0 Å². The highest BCUT2D eigenvalue weighted by atomic mass is 16.6. The van der Waals surface area contributed by atoms with Gasteiger partial charge in [0.15, 0.2) is 5.58 Å². The molecule has 17 heavy (non-hydrogen) atoms. The summed E-state index contributed by atoms with van der Waals surface area (Å²) in [5.74, 6) is 0.530. The summed E-state index contributed by atoms with van der Waals surface area (Å²) >= 11 is 0. The molecule has 1 saturated heterocycles. The number of oxazole rings is 1. The van der Waals surface area contributed by atoms with E-state index in [1.165, 1.54) is 18.4 Å². The first kappa shape index (κ1) is 10.6. The molecule has 0 spiro atoms. The van der Waals surface area contributed by atoms with Crippen LogP contribution >= 0.6 is 0 Å². The van der Waals surface area contributed by atoms with Crippen LogP contribution in [0.25, 0.3) is 11.1 Å². The lowest BCUT2D eigenvalue weighted by molar-refractivity contribution is 0.299. The fourth-order valence-electron chi connectivity index (χ4n) is 2.48. The molecule has 2 aromatic rings. The van der Waals surface area contributed by atoms with Crippen molar-refractivity contribution in [1.82, 2.24) is 10.3 Å². The summed E-state index contributed by atoms with van der Waals surface area (Å²) in [6.45, 7) is 2.14. The Kier molecular flexibility index (Phi) is 2.73. The van der Waals surface area contributed by atoms with E-state index in [1.807, 2.05) is 12.1 Å². The van der Waals surface area contributed by atoms with E-state index in [0.29, 0.717) is 12.0 Å². The molecular formula is C13H16N2O2. The first-order valence-electron chi connectivity index (χ1n) is 6.02. The number of para-hydroxylation sites is 1. The smallest absolute Gasteiger partial charge is 0.394 e. The number of piperidine rings is 1. The minimum atomic E-state index is 0.344. The Balaban J connectivity index is 2.05. The monoisotopic (exact) mass is 232 g/mol. The van der Waals surface area contributed by atoms with Gasteiger partial charge in [-0.25, -0.2) is 0 Å². The van der Waals surface area contributed by atoms with Crippen LogP contribution in [0.5, 0.6) is 6.08 Å². The molecule has 2 heterocycles. The first-order valence-corrected chi connectivity index (χ1v) is 6.02. The van der Waals surface area contributed by atoms with Crippen molar-refractivity contribution >= 4 is 11.1 Å². The average molecular weight is 232 g/mol. The SMILES string of the molecule is COc1nc2c(C3CCCNC3)cccc2o1. The molecule has 0 aliphatic carbocycles. The molecule has 90 valence electrons. The van der Waals surface area contributed by atoms with Crippen LogP contribution in [0.15, 0.2) is 22.6 Å². The number of rotatable bonds is 2. The summed E-state index contributed by atoms with van der Waals surface area (Å²) < 4.78 is 10.5. The minimum absolute atomic E-state index is 0.344. The van der Waals surface area contributed by atoms with Crippen molar-refractivity contribution < 1.29 is 9.15 Å². The van der Waals surface area contributed by atoms with Crippen molar-refractivity contribution in [1.29, 1.82) is 0 Å². The van der Waals surface area contributed by atoms with Crippen LogP contribution in [0.4, 0.5) is 0 Å². The van der Waals surface area contributed by atoms with Gasteiger partial charge >= 0.3 is 6.08 Å². The number of hydrogen-bond acceptors (Lipinski definition) is 4. The summed E-state index contributed by atoms with van der Waals surface area (Å²) in [6.07, 6.45) is 2.77. The van der Waals surface area contributed by atoms with Gasteiger partial charge in [0.05, 0.1) is 7.11 Å². The predicted molar refractivity (Wildman–Crippen MR) is 65.4 cm³/mol. The lowest BCUT2D eigenvalue weighted by Gasteiger charge is -2.22. The van der Waals surface area contributed by atoms with E-state index in [-0.39, 0.29) is 0 Å². The van der Waals surface area contributed by atoms with Crippen molar-refractivity contribution in [3.05, 3.63) is 23.8 Å². The molecule has 0 radical (unpaired) electrons. The maximum absolute atomic E-state index is 5.49. The van der Waals surface area contributed by atoms with E-state index >= 15 is 0 Å². The number of nitrogens with one attached hydrogen (secondary N) is 1. The van der Waals surface area contributed by atoms with Gasteiger partial charge in [0.25, 0.3) is 0 Å². The van der Waals surface area contributed by atoms with Crippen LogP contribution in [0.3, 0.4) is 0 Å². The molecule has 4 nitrogen and oxygen atoms in total. The Morgan fingerprint density at radius 1 is 1.47 bits per heavy atom. The zero-order chi connectivity index (χ0) is 11.7. The molecule has 1 aliphatic rings. The van der Waals surface area contributed by atoms with Gasteiger partial charge in [-0.2, -0.15) is 4.98 Å². The fraction of sp³-hybridized carbons (Fsp3) is 0.462. The van der Waals surface area contributed by atoms with Gasteiger partial charge in [0, 0.05) is 6.54 Å². The fourth-order valence-corrected chi connectivity index (χ4v) is 2.48. The van der Waals surface area contributed by atoms with Crippen LogP contribution in [0, 0.1) is 0 Å². The number of benzene rings is 1. The second-order valence-electron chi connectivity index (χ2n) is 4.42. The zero-order valence-corrected chi connectivity index (χ0v) is 9.90. The van der Waals surface area contributed by atoms with Gasteiger partial charge < -0.3 is 14.5 Å². The van der Waals surface area contributed by atoms with E-state index in [4.69, 9.17) is 9.15 Å². The van der Waals surface area contributed by atoms with Gasteiger partial charge in [0.2, 0.25) is 0 Å². The normalized spacial score (nSPS) is 20.6. The third kappa shape index (κ3) is 1.89. The van der Waals surface area contributed by atoms with Crippen molar-refractivity contribution in [2.75, 3.05) is 20.2 Å². The minimum Gasteiger partial charge on any atom is -0.453 e. The van der Waals surface area contributed by atoms with Crippen LogP contribution in [-0.4, -0.2) is 25.2 Å². The van der Waals surface area contributed by atoms with Gasteiger partial charge in [-0.05, 0) is 36.9 Å². The Morgan fingerprint density at radius 3 is 3.18 bits per heavy atom. The third-order valence-corrected chi connectivity index (χ3v) is 3.34. The molecule has 1 aromatic heterocycles. The van der Waals surface area contributed by atoms with Crippen molar-refractivity contribution in [3.8, 4) is 6.08 Å². The number of hydrogen-bond donors (Lipinski definition) is 1. The Bertz CT molecular complexity index is 515. The molecule has 0 saturated carbocycles. The van der Waals surface area contributed by atoms with Crippen LogP contribution < -0.4 is 10.1 Å². The first-order chi connectivity index (χ1) is 8.38. The Labute approximate surface area is 100.0 Å². The topological polar surface area (TPSA) is 47.3 Å². The molecule has 1 N–H and O–H groups in total. The van der Waals surface area contributed by atoms with E-state index in [9.17, 15) is 0 Å². The highest BCUT2D eigenvalue weighted by molar-refractivity contribution is 5.77. The van der Waals surface area contributed by atoms with Gasteiger partial charge in [-0.15, -0.1) is 0 Å². The van der Waals surface area contributed by atoms with E-state index in [1.54, 1.807) is 7.11 Å². The van der Waals surface area contributed by atoms with E-state index < -0.39 is 0 Å². The zero-order valence-electron chi connectivity index (χ0n) is 9.90. The molecule has 1 fully saturated rings. The number of methoxy groups -OCH3 is 1. The van der Waals surface area contributed by atoms with Crippen molar-refractivity contribution in [3.63, 3.8) is 0 Å². The van der Waals surface area contributed by atoms with Gasteiger partial charge in [0.1, 0.15) is 5.52 Å². The lowest BCUT2D eigenvalue weighted by Crippen LogP contribution is -2.28. The molecule has 3 rings (SSSR count). The summed E-state index contributed by atoms with van der Waals surface area (Å²) in [6, 6.07) is 6.10. The highest BCUT2D eigenvalue weighted by Crippen LogP contribution is 2.31. The molecule has 1 aromatic carbocycles. The lowest BCUT2D eigenvalue weighted by atomic mass is 9.91. The number of fused-ring (bicyclic) bond motifs is 1.